The first-order valence-electron chi connectivity index (χ1n) is 9.87. The number of nitrogens with zero attached hydrogens (tertiary/aromatic N) is 1. The van der Waals surface area contributed by atoms with Gasteiger partial charge >= 0.3 is 12.0 Å². The van der Waals surface area contributed by atoms with Crippen LogP contribution < -0.4 is 14.8 Å². The Morgan fingerprint density at radius 3 is 2.57 bits per heavy atom. The van der Waals surface area contributed by atoms with E-state index in [0.717, 1.165) is 24.2 Å². The Balaban J connectivity index is 1.59. The predicted octanol–water partition coefficient (Wildman–Crippen LogP) is 1.93. The number of imide groups is 1. The molecule has 1 saturated heterocycles. The highest BCUT2D eigenvalue weighted by molar-refractivity contribution is 6.09. The fourth-order valence-electron chi connectivity index (χ4n) is 4.05. The quantitative estimate of drug-likeness (QED) is 0.409. The van der Waals surface area contributed by atoms with Crippen LogP contribution in [0.25, 0.3) is 0 Å². The number of amides is 3. The number of hydrogen-bond acceptors (Lipinski definition) is 7. The molecule has 0 aromatic heterocycles. The summed E-state index contributed by atoms with van der Waals surface area (Å²) in [4.78, 5) is 50.6. The Labute approximate surface area is 174 Å². The van der Waals surface area contributed by atoms with Gasteiger partial charge in [0.15, 0.2) is 23.9 Å². The highest BCUT2D eigenvalue weighted by Crippen LogP contribution is 2.38. The Hall–Kier alpha value is -3.10. The van der Waals surface area contributed by atoms with Crippen LogP contribution in [-0.2, 0) is 14.3 Å². The predicted molar refractivity (Wildman–Crippen MR) is 105 cm³/mol. The summed E-state index contributed by atoms with van der Waals surface area (Å²) in [5.74, 6) is -0.832. The Kier molecular flexibility index (Phi) is 6.28. The minimum absolute atomic E-state index is 0.00431. The number of esters is 1. The second-order valence-corrected chi connectivity index (χ2v) is 7.59. The summed E-state index contributed by atoms with van der Waals surface area (Å²) in [6, 6.07) is 3.99. The minimum Gasteiger partial charge on any atom is -0.493 e. The van der Waals surface area contributed by atoms with Crippen molar-refractivity contribution in [1.82, 2.24) is 10.2 Å². The lowest BCUT2D eigenvalue weighted by Crippen LogP contribution is -2.54. The lowest BCUT2D eigenvalue weighted by molar-refractivity contribution is -0.147. The Morgan fingerprint density at radius 1 is 1.17 bits per heavy atom. The zero-order chi connectivity index (χ0) is 21.9. The third-order valence-electron chi connectivity index (χ3n) is 5.86. The Morgan fingerprint density at radius 2 is 1.90 bits per heavy atom. The van der Waals surface area contributed by atoms with E-state index in [-0.39, 0.29) is 11.5 Å². The third kappa shape index (κ3) is 3.96. The molecule has 1 heterocycles. The standard InChI is InChI=1S/C21H26N2O7/c1-13-6-4-5-9-21(13)19(26)23(20(27)22-21)11-18(25)30-12-15(24)14-7-8-16(28-2)17(10-14)29-3/h7-8,10,13H,4-6,9,11-12H2,1-3H3,(H,22,27)/t13-,21+/m0/s1. The van der Waals surface area contributed by atoms with Crippen molar-refractivity contribution in [3.8, 4) is 11.5 Å². The minimum atomic E-state index is -0.939. The van der Waals surface area contributed by atoms with Crippen molar-refractivity contribution in [1.29, 1.82) is 0 Å². The molecule has 2 atom stereocenters. The molecule has 0 unspecified atom stereocenters. The number of hydrogen-bond donors (Lipinski definition) is 1. The van der Waals surface area contributed by atoms with E-state index in [0.29, 0.717) is 17.9 Å². The molecule has 1 saturated carbocycles. The molecule has 0 radical (unpaired) electrons. The average molecular weight is 418 g/mol. The number of ether oxygens (including phenoxy) is 3. The Bertz CT molecular complexity index is 869. The lowest BCUT2D eigenvalue weighted by atomic mass is 9.73. The molecule has 9 nitrogen and oxygen atoms in total. The summed E-state index contributed by atoms with van der Waals surface area (Å²) in [7, 11) is 2.93. The molecule has 1 spiro atoms. The van der Waals surface area contributed by atoms with Gasteiger partial charge in [0.2, 0.25) is 0 Å². The van der Waals surface area contributed by atoms with Crippen LogP contribution in [0.1, 0.15) is 43.0 Å². The summed E-state index contributed by atoms with van der Waals surface area (Å²) in [5.41, 5.74) is -0.657. The van der Waals surface area contributed by atoms with Crippen molar-refractivity contribution in [3.63, 3.8) is 0 Å². The van der Waals surface area contributed by atoms with E-state index in [2.05, 4.69) is 5.32 Å². The number of rotatable bonds is 7. The summed E-state index contributed by atoms with van der Waals surface area (Å²) in [5, 5.41) is 2.78. The molecule has 1 aliphatic carbocycles. The van der Waals surface area contributed by atoms with Gasteiger partial charge in [0.05, 0.1) is 14.2 Å². The van der Waals surface area contributed by atoms with E-state index in [1.54, 1.807) is 6.07 Å². The van der Waals surface area contributed by atoms with Crippen LogP contribution in [-0.4, -0.2) is 61.5 Å². The third-order valence-corrected chi connectivity index (χ3v) is 5.86. The first-order valence-corrected chi connectivity index (χ1v) is 9.87. The van der Waals surface area contributed by atoms with Crippen LogP contribution in [0, 0.1) is 5.92 Å². The topological polar surface area (TPSA) is 111 Å². The molecule has 3 amide bonds. The SMILES string of the molecule is COc1ccc(C(=O)COC(=O)CN2C(=O)N[C@@]3(CCCC[C@@H]3C)C2=O)cc1OC. The molecule has 3 rings (SSSR count). The van der Waals surface area contributed by atoms with Gasteiger partial charge < -0.3 is 19.5 Å². The number of carbonyl (C=O) groups excluding carboxylic acids is 4. The second-order valence-electron chi connectivity index (χ2n) is 7.59. The van der Waals surface area contributed by atoms with Gasteiger partial charge in [0.1, 0.15) is 12.1 Å². The number of nitrogens with one attached hydrogen (secondary N) is 1. The molecule has 30 heavy (non-hydrogen) atoms. The zero-order valence-electron chi connectivity index (χ0n) is 17.4. The second kappa shape index (κ2) is 8.73. The van der Waals surface area contributed by atoms with Crippen LogP contribution >= 0.6 is 0 Å². The first kappa shape index (κ1) is 21.6. The largest absolute Gasteiger partial charge is 0.493 e. The van der Waals surface area contributed by atoms with Crippen LogP contribution in [0.4, 0.5) is 4.79 Å². The average Bonchev–Trinajstić information content (AvgIpc) is 2.98. The van der Waals surface area contributed by atoms with E-state index in [1.807, 2.05) is 6.92 Å². The van der Waals surface area contributed by atoms with Gasteiger partial charge in [-0.3, -0.25) is 19.3 Å². The molecular weight excluding hydrogens is 392 g/mol. The van der Waals surface area contributed by atoms with Gasteiger partial charge in [-0.25, -0.2) is 4.79 Å². The van der Waals surface area contributed by atoms with Crippen LogP contribution in [0.15, 0.2) is 18.2 Å². The maximum Gasteiger partial charge on any atom is 0.326 e. The number of methoxy groups -OCH3 is 2. The van der Waals surface area contributed by atoms with Crippen LogP contribution in [0.2, 0.25) is 0 Å². The van der Waals surface area contributed by atoms with Gasteiger partial charge in [-0.1, -0.05) is 19.8 Å². The summed E-state index contributed by atoms with van der Waals surface area (Å²) in [6.07, 6.45) is 3.24. The fraction of sp³-hybridized carbons (Fsp3) is 0.524. The van der Waals surface area contributed by atoms with E-state index >= 15 is 0 Å². The molecule has 2 aliphatic rings. The van der Waals surface area contributed by atoms with Gasteiger partial charge in [-0.05, 0) is 37.0 Å². The van der Waals surface area contributed by atoms with Gasteiger partial charge in [0.25, 0.3) is 5.91 Å². The first-order chi connectivity index (χ1) is 14.3. The van der Waals surface area contributed by atoms with Gasteiger partial charge in [0, 0.05) is 5.56 Å². The molecular formula is C21H26N2O7. The summed E-state index contributed by atoms with van der Waals surface area (Å²) >= 11 is 0. The van der Waals surface area contributed by atoms with Crippen molar-refractivity contribution < 1.29 is 33.4 Å². The van der Waals surface area contributed by atoms with E-state index in [9.17, 15) is 19.2 Å². The van der Waals surface area contributed by atoms with E-state index in [1.165, 1.54) is 26.4 Å². The molecule has 1 N–H and O–H groups in total. The van der Waals surface area contributed by atoms with Crippen molar-refractivity contribution in [3.05, 3.63) is 23.8 Å². The number of carbonyl (C=O) groups is 4. The fourth-order valence-corrected chi connectivity index (χ4v) is 4.05. The zero-order valence-corrected chi connectivity index (χ0v) is 17.4. The molecule has 162 valence electrons. The van der Waals surface area contributed by atoms with Crippen LogP contribution in [0.3, 0.4) is 0 Å². The summed E-state index contributed by atoms with van der Waals surface area (Å²) < 4.78 is 15.3. The normalized spacial score (nSPS) is 23.3. The van der Waals surface area contributed by atoms with Gasteiger partial charge in [-0.15, -0.1) is 0 Å². The van der Waals surface area contributed by atoms with Crippen LogP contribution in [0.5, 0.6) is 11.5 Å². The van der Waals surface area contributed by atoms with E-state index < -0.39 is 42.4 Å². The van der Waals surface area contributed by atoms with Crippen molar-refractivity contribution in [2.45, 2.75) is 38.1 Å². The van der Waals surface area contributed by atoms with Crippen molar-refractivity contribution in [2.24, 2.45) is 5.92 Å². The highest BCUT2D eigenvalue weighted by atomic mass is 16.5. The molecule has 0 bridgehead atoms. The van der Waals surface area contributed by atoms with E-state index in [4.69, 9.17) is 14.2 Å². The lowest BCUT2D eigenvalue weighted by Gasteiger charge is -2.36. The smallest absolute Gasteiger partial charge is 0.326 e. The maximum atomic E-state index is 12.9. The summed E-state index contributed by atoms with van der Waals surface area (Å²) in [6.45, 7) is 0.888. The number of urea groups is 1. The molecule has 1 aromatic rings. The maximum absolute atomic E-state index is 12.9. The van der Waals surface area contributed by atoms with Gasteiger partial charge in [-0.2, -0.15) is 0 Å². The monoisotopic (exact) mass is 418 g/mol. The molecule has 2 fully saturated rings. The molecule has 1 aliphatic heterocycles. The number of benzene rings is 1. The molecule has 9 heteroatoms. The van der Waals surface area contributed by atoms with Crippen molar-refractivity contribution in [2.75, 3.05) is 27.4 Å². The number of Topliss-reactive ketones (excluding diaryl/α,β-unsaturated/α-hetero) is 1. The van der Waals surface area contributed by atoms with Crippen molar-refractivity contribution >= 4 is 23.7 Å². The number of ketones is 1. The molecule has 1 aromatic carbocycles. The highest BCUT2D eigenvalue weighted by Gasteiger charge is 2.55.